The molecular formula is C50H49BF2N2O. The standard InChI is InChI=1S/C50H49BF2N2O/c1-32-13-17-35(18-14-32)43-31-45(37-23-27-41(56-9)28-24-37)55(51(52)53)48(43)46(38-11-10-12-40(29-38)50(6,7)8)47-42(34-21-25-39(26-22-34)49(3,4)5)30-44(54-47)36-19-15-33(2)16-20-36/h10-31H,1-9H3/b47-46-. The molecule has 56 heavy (non-hydrogen) atoms. The molecule has 0 N–H and O–H groups in total. The minimum Gasteiger partial charge on any atom is -0.497 e. The number of rotatable bonds is 8. The maximum Gasteiger partial charge on any atom is 0.678 e. The molecule has 0 aliphatic carbocycles. The maximum absolute atomic E-state index is 16.2. The number of methoxy groups -OCH3 is 1. The number of halogens is 2. The van der Waals surface area contributed by atoms with E-state index in [0.29, 0.717) is 39.5 Å². The Morgan fingerprint density at radius 3 is 1.73 bits per heavy atom. The highest BCUT2D eigenvalue weighted by Crippen LogP contribution is 2.46. The Balaban J connectivity index is 1.64. The first-order valence-corrected chi connectivity index (χ1v) is 19.2. The van der Waals surface area contributed by atoms with Crippen LogP contribution in [0.4, 0.5) is 8.63 Å². The van der Waals surface area contributed by atoms with Crippen LogP contribution in [0.25, 0.3) is 33.5 Å². The van der Waals surface area contributed by atoms with E-state index in [9.17, 15) is 0 Å². The van der Waals surface area contributed by atoms with E-state index in [4.69, 9.17) is 9.73 Å². The molecule has 0 bridgehead atoms. The molecule has 0 amide bonds. The Morgan fingerprint density at radius 1 is 0.625 bits per heavy atom. The lowest BCUT2D eigenvalue weighted by atomic mass is 9.83. The monoisotopic (exact) mass is 742 g/mol. The summed E-state index contributed by atoms with van der Waals surface area (Å²) in [5.74, 6) is 0.654. The summed E-state index contributed by atoms with van der Waals surface area (Å²) >= 11 is 0. The van der Waals surface area contributed by atoms with Crippen molar-refractivity contribution in [1.29, 1.82) is 0 Å². The third-order valence-electron chi connectivity index (χ3n) is 10.6. The fourth-order valence-corrected chi connectivity index (χ4v) is 7.30. The zero-order valence-corrected chi connectivity index (χ0v) is 33.8. The Bertz CT molecular complexity index is 2470. The summed E-state index contributed by atoms with van der Waals surface area (Å²) in [6.07, 6.45) is 2.12. The van der Waals surface area contributed by atoms with E-state index < -0.39 is 7.40 Å². The SMILES string of the molecule is COc1ccc(-c2cc(-c3ccc(C)cc3)c(/C(=C3\N=C(c4ccc(C)cc4)C=C3c3ccc(C(C)(C)C)cc3)c3cccc(C(C)(C)C)c3)n2B(F)F)cc1. The van der Waals surface area contributed by atoms with Crippen molar-refractivity contribution in [3.63, 3.8) is 0 Å². The first kappa shape index (κ1) is 38.5. The number of aryl methyl sites for hydroxylation is 2. The van der Waals surface area contributed by atoms with Crippen LogP contribution in [0.5, 0.6) is 5.75 Å². The topological polar surface area (TPSA) is 26.5 Å². The van der Waals surface area contributed by atoms with Crippen molar-refractivity contribution in [1.82, 2.24) is 4.48 Å². The van der Waals surface area contributed by atoms with Gasteiger partial charge in [-0.15, -0.1) is 0 Å². The molecule has 0 unspecified atom stereocenters. The van der Waals surface area contributed by atoms with Crippen LogP contribution in [-0.2, 0) is 10.8 Å². The Morgan fingerprint density at radius 2 is 1.18 bits per heavy atom. The molecule has 1 aliphatic rings. The van der Waals surface area contributed by atoms with Crippen molar-refractivity contribution in [3.05, 3.63) is 184 Å². The van der Waals surface area contributed by atoms with Gasteiger partial charge in [-0.25, -0.2) is 4.99 Å². The molecule has 3 nitrogen and oxygen atoms in total. The third kappa shape index (κ3) is 7.71. The van der Waals surface area contributed by atoms with Crippen molar-refractivity contribution in [3.8, 4) is 28.1 Å². The van der Waals surface area contributed by atoms with Gasteiger partial charge in [-0.2, -0.15) is 0 Å². The molecule has 0 saturated heterocycles. The van der Waals surface area contributed by atoms with Gasteiger partial charge in [0, 0.05) is 28.0 Å². The molecule has 7 rings (SSSR count). The molecule has 2 heterocycles. The number of aliphatic imine (C=N–C) groups is 1. The summed E-state index contributed by atoms with van der Waals surface area (Å²) in [5, 5.41) is 0. The average Bonchev–Trinajstić information content (AvgIpc) is 3.79. The first-order valence-electron chi connectivity index (χ1n) is 19.2. The van der Waals surface area contributed by atoms with Gasteiger partial charge in [-0.05, 0) is 94.5 Å². The second-order valence-electron chi connectivity index (χ2n) is 16.8. The molecule has 0 atom stereocenters. The van der Waals surface area contributed by atoms with Crippen molar-refractivity contribution < 1.29 is 13.4 Å². The normalized spacial score (nSPS) is 14.1. The fraction of sp³-hybridized carbons (Fsp3) is 0.220. The summed E-state index contributed by atoms with van der Waals surface area (Å²) in [5.41, 5.74) is 13.0. The summed E-state index contributed by atoms with van der Waals surface area (Å²) in [7, 11) is -1.27. The molecule has 5 aromatic carbocycles. The highest BCUT2D eigenvalue weighted by molar-refractivity contribution is 6.42. The van der Waals surface area contributed by atoms with Crippen LogP contribution < -0.4 is 4.74 Å². The molecule has 0 radical (unpaired) electrons. The highest BCUT2D eigenvalue weighted by atomic mass is 19.2. The molecule has 6 aromatic rings. The van der Waals surface area contributed by atoms with Gasteiger partial charge in [0.1, 0.15) is 5.75 Å². The van der Waals surface area contributed by atoms with Crippen molar-refractivity contribution in [2.24, 2.45) is 4.99 Å². The number of ether oxygens (including phenoxy) is 1. The summed E-state index contributed by atoms with van der Waals surface area (Å²) in [6, 6.07) is 42.6. The zero-order chi connectivity index (χ0) is 39.9. The molecule has 1 aliphatic heterocycles. The number of benzene rings is 5. The van der Waals surface area contributed by atoms with E-state index in [1.54, 1.807) is 7.11 Å². The predicted octanol–water partition coefficient (Wildman–Crippen LogP) is 13.2. The molecule has 0 spiro atoms. The molecule has 6 heteroatoms. The van der Waals surface area contributed by atoms with Crippen LogP contribution in [0.3, 0.4) is 0 Å². The van der Waals surface area contributed by atoms with Crippen LogP contribution in [0.1, 0.15) is 86.2 Å². The van der Waals surface area contributed by atoms with Gasteiger partial charge in [0.15, 0.2) is 0 Å². The Hall–Kier alpha value is -5.75. The number of nitrogens with zero attached hydrogens (tertiary/aromatic N) is 2. The van der Waals surface area contributed by atoms with Gasteiger partial charge in [-0.3, -0.25) is 8.63 Å². The van der Waals surface area contributed by atoms with Crippen molar-refractivity contribution in [2.45, 2.75) is 66.2 Å². The highest BCUT2D eigenvalue weighted by Gasteiger charge is 2.34. The van der Waals surface area contributed by atoms with Crippen LogP contribution in [0.15, 0.2) is 144 Å². The lowest BCUT2D eigenvalue weighted by Gasteiger charge is -2.23. The van der Waals surface area contributed by atoms with Gasteiger partial charge < -0.3 is 9.21 Å². The largest absolute Gasteiger partial charge is 0.678 e. The van der Waals surface area contributed by atoms with E-state index in [-0.39, 0.29) is 10.8 Å². The maximum atomic E-state index is 16.2. The van der Waals surface area contributed by atoms with E-state index in [1.807, 2.05) is 73.7 Å². The summed E-state index contributed by atoms with van der Waals surface area (Å²) in [4.78, 5) is 5.44. The summed E-state index contributed by atoms with van der Waals surface area (Å²) in [6.45, 7) is 17.2. The predicted molar refractivity (Wildman–Crippen MR) is 232 cm³/mol. The zero-order valence-electron chi connectivity index (χ0n) is 33.8. The average molecular weight is 743 g/mol. The first-order chi connectivity index (χ1) is 26.6. The number of aromatic nitrogens is 1. The second-order valence-corrected chi connectivity index (χ2v) is 16.8. The van der Waals surface area contributed by atoms with Gasteiger partial charge in [0.05, 0.1) is 24.2 Å². The van der Waals surface area contributed by atoms with Gasteiger partial charge in [0.2, 0.25) is 0 Å². The minimum atomic E-state index is -2.87. The molecular weight excluding hydrogens is 693 g/mol. The van der Waals surface area contributed by atoms with Crippen molar-refractivity contribution >= 4 is 24.3 Å². The van der Waals surface area contributed by atoms with Crippen molar-refractivity contribution in [2.75, 3.05) is 7.11 Å². The third-order valence-corrected chi connectivity index (χ3v) is 10.6. The van der Waals surface area contributed by atoms with Crippen LogP contribution in [0.2, 0.25) is 0 Å². The van der Waals surface area contributed by atoms with Gasteiger partial charge in [-0.1, -0.05) is 150 Å². The second kappa shape index (κ2) is 15.1. The molecule has 1 aromatic heterocycles. The molecule has 282 valence electrons. The van der Waals surface area contributed by atoms with Gasteiger partial charge >= 0.3 is 7.40 Å². The molecule has 0 fully saturated rings. The Labute approximate surface area is 331 Å². The van der Waals surface area contributed by atoms with E-state index in [0.717, 1.165) is 50.2 Å². The lowest BCUT2D eigenvalue weighted by Crippen LogP contribution is -2.18. The van der Waals surface area contributed by atoms with Gasteiger partial charge in [0.25, 0.3) is 0 Å². The molecule has 0 saturated carbocycles. The van der Waals surface area contributed by atoms with E-state index in [1.165, 1.54) is 10.0 Å². The van der Waals surface area contributed by atoms with Crippen LogP contribution in [-0.4, -0.2) is 24.7 Å². The number of hydrogen-bond acceptors (Lipinski definition) is 2. The lowest BCUT2D eigenvalue weighted by molar-refractivity contribution is 0.415. The fourth-order valence-electron chi connectivity index (χ4n) is 7.30. The minimum absolute atomic E-state index is 0.0394. The van der Waals surface area contributed by atoms with E-state index >= 15 is 8.63 Å². The van der Waals surface area contributed by atoms with Crippen LogP contribution >= 0.6 is 0 Å². The smallest absolute Gasteiger partial charge is 0.497 e. The Kier molecular flexibility index (Phi) is 10.4. The van der Waals surface area contributed by atoms with E-state index in [2.05, 4.69) is 115 Å². The number of hydrogen-bond donors (Lipinski definition) is 0. The number of allylic oxidation sites excluding steroid dienone is 2. The quantitative estimate of drug-likeness (QED) is 0.143. The summed E-state index contributed by atoms with van der Waals surface area (Å²) < 4.78 is 39.0. The van der Waals surface area contributed by atoms with Crippen LogP contribution in [0, 0.1) is 13.8 Å².